The molecular weight excluding hydrogens is 262 g/mol. The van der Waals surface area contributed by atoms with Crippen molar-refractivity contribution >= 4 is 0 Å². The van der Waals surface area contributed by atoms with Crippen LogP contribution >= 0.6 is 0 Å². The normalized spacial score (nSPS) is 21.9. The minimum absolute atomic E-state index is 0.284. The topological polar surface area (TPSA) is 38.5 Å². The summed E-state index contributed by atoms with van der Waals surface area (Å²) >= 11 is 0. The summed E-state index contributed by atoms with van der Waals surface area (Å²) in [5, 5.41) is 0. The number of benzene rings is 1. The van der Waals surface area contributed by atoms with Gasteiger partial charge in [-0.15, -0.1) is 0 Å². The van der Waals surface area contributed by atoms with E-state index in [0.29, 0.717) is 12.0 Å². The quantitative estimate of drug-likeness (QED) is 0.902. The summed E-state index contributed by atoms with van der Waals surface area (Å²) in [6.45, 7) is 5.46. The van der Waals surface area contributed by atoms with Crippen LogP contribution in [0.2, 0.25) is 0 Å². The Hall–Kier alpha value is -1.04. The molecule has 112 valence electrons. The predicted molar refractivity (Wildman–Crippen MR) is 74.4 cm³/mol. The van der Waals surface area contributed by atoms with Crippen LogP contribution in [0, 0.1) is 11.6 Å². The zero-order valence-electron chi connectivity index (χ0n) is 11.8. The van der Waals surface area contributed by atoms with Crippen LogP contribution in [-0.4, -0.2) is 37.2 Å². The fourth-order valence-corrected chi connectivity index (χ4v) is 2.51. The highest BCUT2D eigenvalue weighted by molar-refractivity contribution is 5.21. The van der Waals surface area contributed by atoms with E-state index in [2.05, 4.69) is 11.8 Å². The predicted octanol–water partition coefficient (Wildman–Crippen LogP) is 2.47. The van der Waals surface area contributed by atoms with Crippen LogP contribution < -0.4 is 5.73 Å². The van der Waals surface area contributed by atoms with E-state index in [1.54, 1.807) is 0 Å². The van der Waals surface area contributed by atoms with Crippen molar-refractivity contribution in [2.75, 3.05) is 26.2 Å². The van der Waals surface area contributed by atoms with Gasteiger partial charge in [-0.05, 0) is 30.5 Å². The smallest absolute Gasteiger partial charge is 0.126 e. The van der Waals surface area contributed by atoms with Gasteiger partial charge in [0.25, 0.3) is 0 Å². The van der Waals surface area contributed by atoms with Crippen molar-refractivity contribution in [3.63, 3.8) is 0 Å². The molecule has 0 aliphatic carbocycles. The van der Waals surface area contributed by atoms with Crippen molar-refractivity contribution in [3.05, 3.63) is 35.4 Å². The monoisotopic (exact) mass is 284 g/mol. The molecule has 0 bridgehead atoms. The van der Waals surface area contributed by atoms with Gasteiger partial charge in [-0.25, -0.2) is 8.78 Å². The minimum atomic E-state index is -0.576. The van der Waals surface area contributed by atoms with Crippen LogP contribution in [0.3, 0.4) is 0 Å². The van der Waals surface area contributed by atoms with Crippen LogP contribution in [0.5, 0.6) is 0 Å². The Kier molecular flexibility index (Phi) is 5.46. The van der Waals surface area contributed by atoms with Crippen LogP contribution in [0.1, 0.15) is 31.4 Å². The molecule has 20 heavy (non-hydrogen) atoms. The van der Waals surface area contributed by atoms with Gasteiger partial charge in [0.1, 0.15) is 11.6 Å². The third-order valence-corrected chi connectivity index (χ3v) is 3.75. The molecule has 1 heterocycles. The van der Waals surface area contributed by atoms with Crippen LogP contribution in [0.25, 0.3) is 0 Å². The fraction of sp³-hybridized carbons (Fsp3) is 0.600. The van der Waals surface area contributed by atoms with Gasteiger partial charge < -0.3 is 10.5 Å². The molecule has 2 N–H and O–H groups in total. The molecule has 2 atom stereocenters. The maximum Gasteiger partial charge on any atom is 0.126 e. The van der Waals surface area contributed by atoms with Crippen LogP contribution in [-0.2, 0) is 4.74 Å². The van der Waals surface area contributed by atoms with Gasteiger partial charge in [0.15, 0.2) is 0 Å². The van der Waals surface area contributed by atoms with E-state index in [9.17, 15) is 8.78 Å². The van der Waals surface area contributed by atoms with E-state index in [1.165, 1.54) is 12.1 Å². The van der Waals surface area contributed by atoms with E-state index >= 15 is 0 Å². The number of nitrogens with zero attached hydrogens (tertiary/aromatic N) is 1. The number of ether oxygens (including phenoxy) is 1. The average Bonchev–Trinajstić information content (AvgIpc) is 2.44. The first-order valence-corrected chi connectivity index (χ1v) is 7.14. The van der Waals surface area contributed by atoms with Crippen molar-refractivity contribution in [2.24, 2.45) is 5.73 Å². The Morgan fingerprint density at radius 2 is 2.05 bits per heavy atom. The van der Waals surface area contributed by atoms with Crippen LogP contribution in [0.15, 0.2) is 18.2 Å². The van der Waals surface area contributed by atoms with E-state index in [-0.39, 0.29) is 12.1 Å². The van der Waals surface area contributed by atoms with Crippen LogP contribution in [0.4, 0.5) is 8.78 Å². The molecule has 1 aliphatic heterocycles. The molecule has 1 aromatic carbocycles. The molecule has 1 saturated heterocycles. The SMILES string of the molecule is CCC1CN(CCC(N)c2cc(F)cc(F)c2)CCO1. The first kappa shape index (κ1) is 15.4. The molecular formula is C15H22F2N2O. The summed E-state index contributed by atoms with van der Waals surface area (Å²) in [4.78, 5) is 2.30. The van der Waals surface area contributed by atoms with Crippen molar-refractivity contribution in [3.8, 4) is 0 Å². The largest absolute Gasteiger partial charge is 0.376 e. The van der Waals surface area contributed by atoms with Crippen molar-refractivity contribution in [1.29, 1.82) is 0 Å². The van der Waals surface area contributed by atoms with Gasteiger partial charge in [-0.3, -0.25) is 4.90 Å². The summed E-state index contributed by atoms with van der Waals surface area (Å²) in [6.07, 6.45) is 1.96. The third kappa shape index (κ3) is 4.23. The highest BCUT2D eigenvalue weighted by Gasteiger charge is 2.19. The second-order valence-corrected chi connectivity index (χ2v) is 5.30. The zero-order valence-corrected chi connectivity index (χ0v) is 11.8. The maximum atomic E-state index is 13.2. The molecule has 0 saturated carbocycles. The molecule has 0 aromatic heterocycles. The van der Waals surface area contributed by atoms with E-state index in [1.807, 2.05) is 0 Å². The number of rotatable bonds is 5. The van der Waals surface area contributed by atoms with Gasteiger partial charge in [0.05, 0.1) is 12.7 Å². The first-order chi connectivity index (χ1) is 9.58. The molecule has 1 aromatic rings. The highest BCUT2D eigenvalue weighted by atomic mass is 19.1. The Morgan fingerprint density at radius 1 is 1.35 bits per heavy atom. The molecule has 0 radical (unpaired) electrons. The molecule has 0 spiro atoms. The Morgan fingerprint density at radius 3 is 2.70 bits per heavy atom. The summed E-state index contributed by atoms with van der Waals surface area (Å²) in [5.41, 5.74) is 6.54. The number of nitrogens with two attached hydrogens (primary N) is 1. The van der Waals surface area contributed by atoms with Gasteiger partial charge in [-0.1, -0.05) is 6.92 Å². The fourth-order valence-electron chi connectivity index (χ4n) is 2.51. The molecule has 2 unspecified atom stereocenters. The second kappa shape index (κ2) is 7.11. The Balaban J connectivity index is 1.86. The third-order valence-electron chi connectivity index (χ3n) is 3.75. The Bertz CT molecular complexity index is 422. The second-order valence-electron chi connectivity index (χ2n) is 5.30. The summed E-state index contributed by atoms with van der Waals surface area (Å²) < 4.78 is 31.9. The summed E-state index contributed by atoms with van der Waals surface area (Å²) in [5.74, 6) is -1.15. The number of halogens is 2. The Labute approximate surface area is 118 Å². The minimum Gasteiger partial charge on any atom is -0.376 e. The lowest BCUT2D eigenvalue weighted by molar-refractivity contribution is -0.0302. The lowest BCUT2D eigenvalue weighted by Gasteiger charge is -2.33. The van der Waals surface area contributed by atoms with Gasteiger partial charge >= 0.3 is 0 Å². The summed E-state index contributed by atoms with van der Waals surface area (Å²) in [6, 6.07) is 3.14. The molecule has 0 amide bonds. The lowest BCUT2D eigenvalue weighted by atomic mass is 10.0. The molecule has 5 heteroatoms. The lowest BCUT2D eigenvalue weighted by Crippen LogP contribution is -2.43. The number of morpholine rings is 1. The highest BCUT2D eigenvalue weighted by Crippen LogP contribution is 2.18. The van der Waals surface area contributed by atoms with Crippen molar-refractivity contribution < 1.29 is 13.5 Å². The van der Waals surface area contributed by atoms with E-state index < -0.39 is 11.6 Å². The van der Waals surface area contributed by atoms with E-state index in [4.69, 9.17) is 10.5 Å². The van der Waals surface area contributed by atoms with Gasteiger partial charge in [0.2, 0.25) is 0 Å². The standard InChI is InChI=1S/C15H22F2N2O/c1-2-14-10-19(5-6-20-14)4-3-15(18)11-7-12(16)9-13(17)8-11/h7-9,14-15H,2-6,10,18H2,1H3. The number of hydrogen-bond donors (Lipinski definition) is 1. The molecule has 3 nitrogen and oxygen atoms in total. The molecule has 1 aliphatic rings. The summed E-state index contributed by atoms with van der Waals surface area (Å²) in [7, 11) is 0. The zero-order chi connectivity index (χ0) is 14.5. The average molecular weight is 284 g/mol. The maximum absolute atomic E-state index is 13.2. The molecule has 2 rings (SSSR count). The van der Waals surface area contributed by atoms with Crippen molar-refractivity contribution in [2.45, 2.75) is 31.9 Å². The number of hydrogen-bond acceptors (Lipinski definition) is 3. The first-order valence-electron chi connectivity index (χ1n) is 7.14. The van der Waals surface area contributed by atoms with Gasteiger partial charge in [-0.2, -0.15) is 0 Å². The van der Waals surface area contributed by atoms with Crippen molar-refractivity contribution in [1.82, 2.24) is 4.90 Å². The van der Waals surface area contributed by atoms with E-state index in [0.717, 1.165) is 38.7 Å². The molecule has 1 fully saturated rings. The van der Waals surface area contributed by atoms with Gasteiger partial charge in [0, 0.05) is 31.7 Å².